The van der Waals surface area contributed by atoms with Crippen LogP contribution in [0.4, 0.5) is 0 Å². The molecule has 1 N–H and O–H groups in total. The van der Waals surface area contributed by atoms with Crippen molar-refractivity contribution in [3.05, 3.63) is 65.2 Å². The molecule has 5 nitrogen and oxygen atoms in total. The number of aromatic nitrogens is 3. The lowest BCUT2D eigenvalue weighted by atomic mass is 10.1. The molecule has 0 saturated carbocycles. The molecule has 0 fully saturated rings. The van der Waals surface area contributed by atoms with Crippen LogP contribution < -0.4 is 5.32 Å². The summed E-state index contributed by atoms with van der Waals surface area (Å²) in [6.45, 7) is 3.37. The van der Waals surface area contributed by atoms with E-state index in [0.717, 1.165) is 35.1 Å². The van der Waals surface area contributed by atoms with Crippen molar-refractivity contribution in [1.82, 2.24) is 20.1 Å². The summed E-state index contributed by atoms with van der Waals surface area (Å²) in [7, 11) is 0. The summed E-state index contributed by atoms with van der Waals surface area (Å²) in [6.07, 6.45) is 0.750. The maximum atomic E-state index is 12.1. The highest BCUT2D eigenvalue weighted by Crippen LogP contribution is 2.23. The summed E-state index contributed by atoms with van der Waals surface area (Å²) in [4.78, 5) is 12.1. The van der Waals surface area contributed by atoms with Crippen LogP contribution in [0.1, 0.15) is 12.5 Å². The van der Waals surface area contributed by atoms with Crippen LogP contribution in [0.5, 0.6) is 0 Å². The van der Waals surface area contributed by atoms with E-state index in [1.165, 1.54) is 11.8 Å². The Balaban J connectivity index is 1.52. The van der Waals surface area contributed by atoms with E-state index in [0.29, 0.717) is 17.3 Å². The third-order valence-electron chi connectivity index (χ3n) is 4.02. The molecule has 0 spiro atoms. The van der Waals surface area contributed by atoms with E-state index in [4.69, 9.17) is 11.6 Å². The molecule has 2 aromatic carbocycles. The molecular weight excluding hydrogens is 380 g/mol. The first-order chi connectivity index (χ1) is 13.2. The molecule has 0 unspecified atom stereocenters. The number of halogens is 1. The van der Waals surface area contributed by atoms with Crippen molar-refractivity contribution < 1.29 is 4.79 Å². The maximum absolute atomic E-state index is 12.1. The third-order valence-corrected chi connectivity index (χ3v) is 5.22. The monoisotopic (exact) mass is 400 g/mol. The summed E-state index contributed by atoms with van der Waals surface area (Å²) in [5.74, 6) is 1.11. The fraction of sp³-hybridized carbons (Fsp3) is 0.250. The predicted molar refractivity (Wildman–Crippen MR) is 110 cm³/mol. The van der Waals surface area contributed by atoms with Gasteiger partial charge in [-0.3, -0.25) is 4.79 Å². The standard InChI is InChI=1S/C20H21ClN4OS/c1-2-25-19(16-8-4-3-5-9-16)23-24-20(25)27-14-18(26)22-12-11-15-7-6-10-17(21)13-15/h3-10,13H,2,11-12,14H2,1H3,(H,22,26). The predicted octanol–water partition coefficient (Wildman–Crippen LogP) is 4.07. The highest BCUT2D eigenvalue weighted by molar-refractivity contribution is 7.99. The normalized spacial score (nSPS) is 10.7. The molecule has 0 atom stereocenters. The van der Waals surface area contributed by atoms with Gasteiger partial charge in [-0.05, 0) is 31.0 Å². The minimum atomic E-state index is -0.0195. The van der Waals surface area contributed by atoms with E-state index in [1.807, 2.05) is 66.1 Å². The van der Waals surface area contributed by atoms with Crippen LogP contribution in [0.2, 0.25) is 5.02 Å². The summed E-state index contributed by atoms with van der Waals surface area (Å²) in [5, 5.41) is 12.9. The van der Waals surface area contributed by atoms with Gasteiger partial charge >= 0.3 is 0 Å². The molecule has 1 aromatic heterocycles. The second-order valence-corrected chi connectivity index (χ2v) is 7.31. The molecule has 0 aliphatic carbocycles. The van der Waals surface area contributed by atoms with Crippen molar-refractivity contribution in [3.8, 4) is 11.4 Å². The van der Waals surface area contributed by atoms with Crippen LogP contribution in [-0.4, -0.2) is 33.0 Å². The largest absolute Gasteiger partial charge is 0.355 e. The van der Waals surface area contributed by atoms with Gasteiger partial charge in [-0.2, -0.15) is 0 Å². The molecule has 140 valence electrons. The quantitative estimate of drug-likeness (QED) is 0.579. The smallest absolute Gasteiger partial charge is 0.230 e. The molecule has 7 heteroatoms. The molecule has 0 saturated heterocycles. The van der Waals surface area contributed by atoms with Crippen molar-refractivity contribution in [1.29, 1.82) is 0 Å². The minimum absolute atomic E-state index is 0.0195. The molecule has 0 aliphatic rings. The number of hydrogen-bond donors (Lipinski definition) is 1. The molecule has 0 radical (unpaired) electrons. The van der Waals surface area contributed by atoms with E-state index in [1.54, 1.807) is 0 Å². The van der Waals surface area contributed by atoms with Gasteiger partial charge in [-0.25, -0.2) is 0 Å². The second kappa shape index (κ2) is 9.58. The van der Waals surface area contributed by atoms with Gasteiger partial charge in [0.25, 0.3) is 0 Å². The zero-order chi connectivity index (χ0) is 19.1. The third kappa shape index (κ3) is 5.34. The van der Waals surface area contributed by atoms with Crippen LogP contribution in [0.15, 0.2) is 59.8 Å². The molecule has 3 rings (SSSR count). The van der Waals surface area contributed by atoms with Gasteiger partial charge in [0.15, 0.2) is 11.0 Å². The average Bonchev–Trinajstić information content (AvgIpc) is 3.10. The number of carbonyl (C=O) groups is 1. The summed E-state index contributed by atoms with van der Waals surface area (Å²) >= 11 is 7.37. The van der Waals surface area contributed by atoms with Crippen molar-refractivity contribution in [2.45, 2.75) is 25.0 Å². The molecule has 1 heterocycles. The highest BCUT2D eigenvalue weighted by Gasteiger charge is 2.14. The number of thioether (sulfide) groups is 1. The average molecular weight is 401 g/mol. The maximum Gasteiger partial charge on any atom is 0.230 e. The number of nitrogens with one attached hydrogen (secondary N) is 1. The van der Waals surface area contributed by atoms with E-state index >= 15 is 0 Å². The number of rotatable bonds is 8. The van der Waals surface area contributed by atoms with Crippen molar-refractivity contribution in [2.75, 3.05) is 12.3 Å². The molecule has 27 heavy (non-hydrogen) atoms. The van der Waals surface area contributed by atoms with Crippen molar-refractivity contribution >= 4 is 29.3 Å². The fourth-order valence-corrected chi connectivity index (χ4v) is 3.75. The van der Waals surface area contributed by atoms with E-state index < -0.39 is 0 Å². The molecule has 0 bridgehead atoms. The lowest BCUT2D eigenvalue weighted by Gasteiger charge is -2.08. The van der Waals surface area contributed by atoms with E-state index in [9.17, 15) is 4.79 Å². The van der Waals surface area contributed by atoms with Gasteiger partial charge in [0.05, 0.1) is 5.75 Å². The Bertz CT molecular complexity index is 898. The Morgan fingerprint density at radius 2 is 1.96 bits per heavy atom. The first-order valence-corrected chi connectivity index (χ1v) is 10.2. The Morgan fingerprint density at radius 3 is 2.70 bits per heavy atom. The van der Waals surface area contributed by atoms with Crippen molar-refractivity contribution in [2.24, 2.45) is 0 Å². The summed E-state index contributed by atoms with van der Waals surface area (Å²) in [6, 6.07) is 17.6. The number of hydrogen-bond acceptors (Lipinski definition) is 4. The number of nitrogens with zero attached hydrogens (tertiary/aromatic N) is 3. The van der Waals surface area contributed by atoms with Gasteiger partial charge in [-0.1, -0.05) is 65.8 Å². The Kier molecular flexibility index (Phi) is 6.90. The number of carbonyl (C=O) groups excluding carboxylic acids is 1. The second-order valence-electron chi connectivity index (χ2n) is 5.94. The topological polar surface area (TPSA) is 59.8 Å². The van der Waals surface area contributed by atoms with Crippen LogP contribution in [-0.2, 0) is 17.8 Å². The molecule has 0 aliphatic heterocycles. The van der Waals surface area contributed by atoms with Crippen LogP contribution >= 0.6 is 23.4 Å². The Morgan fingerprint density at radius 1 is 1.15 bits per heavy atom. The SMILES string of the molecule is CCn1c(SCC(=O)NCCc2cccc(Cl)c2)nnc1-c1ccccc1. The zero-order valence-corrected chi connectivity index (χ0v) is 16.6. The van der Waals surface area contributed by atoms with Gasteiger partial charge in [0.2, 0.25) is 5.91 Å². The number of amides is 1. The van der Waals surface area contributed by atoms with Gasteiger partial charge < -0.3 is 9.88 Å². The van der Waals surface area contributed by atoms with E-state index in [-0.39, 0.29) is 5.91 Å². The Hall–Kier alpha value is -2.31. The first-order valence-electron chi connectivity index (χ1n) is 8.80. The first kappa shape index (κ1) is 19.5. The number of benzene rings is 2. The lowest BCUT2D eigenvalue weighted by molar-refractivity contribution is -0.118. The minimum Gasteiger partial charge on any atom is -0.355 e. The molecule has 1 amide bonds. The summed E-state index contributed by atoms with van der Waals surface area (Å²) < 4.78 is 2.03. The lowest BCUT2D eigenvalue weighted by Crippen LogP contribution is -2.27. The van der Waals surface area contributed by atoms with Gasteiger partial charge in [0.1, 0.15) is 0 Å². The van der Waals surface area contributed by atoms with Gasteiger partial charge in [0, 0.05) is 23.7 Å². The fourth-order valence-electron chi connectivity index (χ4n) is 2.70. The van der Waals surface area contributed by atoms with Gasteiger partial charge in [-0.15, -0.1) is 10.2 Å². The van der Waals surface area contributed by atoms with Crippen LogP contribution in [0, 0.1) is 0 Å². The molecule has 3 aromatic rings. The highest BCUT2D eigenvalue weighted by atomic mass is 35.5. The van der Waals surface area contributed by atoms with E-state index in [2.05, 4.69) is 15.5 Å². The Labute approximate surface area is 168 Å². The summed E-state index contributed by atoms with van der Waals surface area (Å²) in [5.41, 5.74) is 2.12. The van der Waals surface area contributed by atoms with Crippen LogP contribution in [0.25, 0.3) is 11.4 Å². The molecular formula is C20H21ClN4OS. The zero-order valence-electron chi connectivity index (χ0n) is 15.1. The van der Waals surface area contributed by atoms with Crippen molar-refractivity contribution in [3.63, 3.8) is 0 Å². The van der Waals surface area contributed by atoms with Crippen LogP contribution in [0.3, 0.4) is 0 Å².